The van der Waals surface area contributed by atoms with Gasteiger partial charge in [0.1, 0.15) is 0 Å². The first-order valence-electron chi connectivity index (χ1n) is 7.17. The van der Waals surface area contributed by atoms with Gasteiger partial charge in [-0.25, -0.2) is 10.4 Å². The normalized spacial score (nSPS) is 11.0. The molecule has 0 aliphatic heterocycles. The van der Waals surface area contributed by atoms with E-state index in [4.69, 9.17) is 0 Å². The van der Waals surface area contributed by atoms with E-state index in [9.17, 15) is 4.79 Å². The van der Waals surface area contributed by atoms with Gasteiger partial charge in [-0.2, -0.15) is 5.10 Å². The van der Waals surface area contributed by atoms with Crippen molar-refractivity contribution in [1.29, 1.82) is 0 Å². The Bertz CT molecular complexity index is 834. The first-order chi connectivity index (χ1) is 11.3. The van der Waals surface area contributed by atoms with Gasteiger partial charge < -0.3 is 0 Å². The molecule has 1 N–H and O–H groups in total. The van der Waals surface area contributed by atoms with Crippen LogP contribution in [0, 0.1) is 0 Å². The summed E-state index contributed by atoms with van der Waals surface area (Å²) in [5.41, 5.74) is 4.39. The molecule has 0 fully saturated rings. The summed E-state index contributed by atoms with van der Waals surface area (Å²) in [5.74, 6) is 0.120. The Kier molecular flexibility index (Phi) is 5.01. The minimum atomic E-state index is -0.155. The number of carbonyl (C=O) groups is 1. The van der Waals surface area contributed by atoms with Crippen LogP contribution in [0.15, 0.2) is 76.9 Å². The number of pyridine rings is 1. The van der Waals surface area contributed by atoms with Crippen LogP contribution in [0.1, 0.15) is 5.56 Å². The molecule has 1 heterocycles. The van der Waals surface area contributed by atoms with Crippen molar-refractivity contribution >= 4 is 34.8 Å². The van der Waals surface area contributed by atoms with Crippen LogP contribution in [0.25, 0.3) is 10.9 Å². The number of amides is 1. The van der Waals surface area contributed by atoms with E-state index in [0.29, 0.717) is 0 Å². The third kappa shape index (κ3) is 4.40. The first kappa shape index (κ1) is 15.2. The lowest BCUT2D eigenvalue weighted by Crippen LogP contribution is -2.19. The van der Waals surface area contributed by atoms with Crippen LogP contribution in [0.2, 0.25) is 0 Å². The summed E-state index contributed by atoms with van der Waals surface area (Å²) < 4.78 is 0. The van der Waals surface area contributed by atoms with Gasteiger partial charge in [0.05, 0.1) is 22.5 Å². The maximum Gasteiger partial charge on any atom is 0.250 e. The molecular formula is C18H15N3OS. The molecule has 2 aromatic carbocycles. The Morgan fingerprint density at radius 2 is 1.83 bits per heavy atom. The van der Waals surface area contributed by atoms with Gasteiger partial charge >= 0.3 is 0 Å². The third-order valence-corrected chi connectivity index (χ3v) is 4.06. The number of fused-ring (bicyclic) bond motifs is 1. The van der Waals surface area contributed by atoms with Crippen LogP contribution in [0.3, 0.4) is 0 Å². The number of thioether (sulfide) groups is 1. The maximum absolute atomic E-state index is 11.8. The number of nitrogens with zero attached hydrogens (tertiary/aromatic N) is 2. The van der Waals surface area contributed by atoms with E-state index >= 15 is 0 Å². The van der Waals surface area contributed by atoms with E-state index in [-0.39, 0.29) is 11.7 Å². The van der Waals surface area contributed by atoms with Crippen molar-refractivity contribution in [2.45, 2.75) is 5.03 Å². The Balaban J connectivity index is 1.52. The Morgan fingerprint density at radius 3 is 2.70 bits per heavy atom. The Hall–Kier alpha value is -2.66. The zero-order chi connectivity index (χ0) is 15.9. The standard InChI is InChI=1S/C18H15N3OS/c22-17(21-19-12-14-6-2-1-3-7-14)13-23-18-11-10-15-8-4-5-9-16(15)20-18/h1-12H,13H2,(H,21,22). The van der Waals surface area contributed by atoms with E-state index in [1.165, 1.54) is 11.8 Å². The molecule has 0 saturated carbocycles. The topological polar surface area (TPSA) is 54.4 Å². The number of benzene rings is 2. The van der Waals surface area contributed by atoms with Gasteiger partial charge in [0, 0.05) is 5.39 Å². The fourth-order valence-electron chi connectivity index (χ4n) is 2.02. The molecule has 0 aliphatic rings. The lowest BCUT2D eigenvalue weighted by Gasteiger charge is -2.02. The van der Waals surface area contributed by atoms with Crippen molar-refractivity contribution in [3.8, 4) is 0 Å². The molecule has 23 heavy (non-hydrogen) atoms. The summed E-state index contributed by atoms with van der Waals surface area (Å²) in [5, 5.41) is 5.86. The molecule has 0 radical (unpaired) electrons. The van der Waals surface area contributed by atoms with Crippen molar-refractivity contribution < 1.29 is 4.79 Å². The zero-order valence-electron chi connectivity index (χ0n) is 12.3. The molecule has 114 valence electrons. The number of para-hydroxylation sites is 1. The van der Waals surface area contributed by atoms with Crippen molar-refractivity contribution in [2.24, 2.45) is 5.10 Å². The van der Waals surface area contributed by atoms with Gasteiger partial charge in [-0.05, 0) is 17.7 Å². The van der Waals surface area contributed by atoms with Gasteiger partial charge in [-0.1, -0.05) is 66.4 Å². The molecule has 0 unspecified atom stereocenters. The molecule has 5 heteroatoms. The van der Waals surface area contributed by atoms with E-state index in [1.54, 1.807) is 6.21 Å². The van der Waals surface area contributed by atoms with Crippen molar-refractivity contribution in [2.75, 3.05) is 5.75 Å². The molecule has 3 rings (SSSR count). The lowest BCUT2D eigenvalue weighted by molar-refractivity contribution is -0.118. The van der Waals surface area contributed by atoms with Crippen LogP contribution in [-0.4, -0.2) is 22.9 Å². The number of aromatic nitrogens is 1. The number of rotatable bonds is 5. The van der Waals surface area contributed by atoms with Gasteiger partial charge in [-0.15, -0.1) is 0 Å². The number of nitrogens with one attached hydrogen (secondary N) is 1. The fraction of sp³-hybridized carbons (Fsp3) is 0.0556. The molecule has 4 nitrogen and oxygen atoms in total. The van der Waals surface area contributed by atoms with E-state index in [1.807, 2.05) is 66.7 Å². The predicted octanol–water partition coefficient (Wildman–Crippen LogP) is 3.48. The van der Waals surface area contributed by atoms with Gasteiger partial charge in [0.2, 0.25) is 5.91 Å². The minimum absolute atomic E-state index is 0.155. The molecule has 0 spiro atoms. The SMILES string of the molecule is O=C(CSc1ccc2ccccc2n1)NN=Cc1ccccc1. The average Bonchev–Trinajstić information content (AvgIpc) is 2.61. The van der Waals surface area contributed by atoms with Crippen LogP contribution < -0.4 is 5.43 Å². The second-order valence-electron chi connectivity index (χ2n) is 4.83. The average molecular weight is 321 g/mol. The van der Waals surface area contributed by atoms with Crippen LogP contribution in [0.5, 0.6) is 0 Å². The Morgan fingerprint density at radius 1 is 1.04 bits per heavy atom. The molecule has 0 bridgehead atoms. The molecule has 1 aromatic heterocycles. The summed E-state index contributed by atoms with van der Waals surface area (Å²) >= 11 is 1.39. The maximum atomic E-state index is 11.8. The highest BCUT2D eigenvalue weighted by molar-refractivity contribution is 7.99. The summed E-state index contributed by atoms with van der Waals surface area (Å²) in [6.07, 6.45) is 1.62. The van der Waals surface area contributed by atoms with E-state index in [2.05, 4.69) is 15.5 Å². The van der Waals surface area contributed by atoms with E-state index < -0.39 is 0 Å². The summed E-state index contributed by atoms with van der Waals surface area (Å²) in [7, 11) is 0. The summed E-state index contributed by atoms with van der Waals surface area (Å²) in [6.45, 7) is 0. The largest absolute Gasteiger partial charge is 0.272 e. The molecule has 3 aromatic rings. The zero-order valence-corrected chi connectivity index (χ0v) is 13.2. The number of hydrogen-bond acceptors (Lipinski definition) is 4. The van der Waals surface area contributed by atoms with E-state index in [0.717, 1.165) is 21.5 Å². The second kappa shape index (κ2) is 7.56. The highest BCUT2D eigenvalue weighted by Gasteiger charge is 2.03. The monoisotopic (exact) mass is 321 g/mol. The van der Waals surface area contributed by atoms with Crippen molar-refractivity contribution in [3.05, 3.63) is 72.3 Å². The molecule has 0 aliphatic carbocycles. The Labute approximate surface area is 138 Å². The van der Waals surface area contributed by atoms with Gasteiger partial charge in [-0.3, -0.25) is 4.79 Å². The smallest absolute Gasteiger partial charge is 0.250 e. The van der Waals surface area contributed by atoms with Gasteiger partial charge in [0.25, 0.3) is 0 Å². The van der Waals surface area contributed by atoms with Gasteiger partial charge in [0.15, 0.2) is 0 Å². The summed E-state index contributed by atoms with van der Waals surface area (Å²) in [6, 6.07) is 21.5. The lowest BCUT2D eigenvalue weighted by atomic mass is 10.2. The fourth-order valence-corrected chi connectivity index (χ4v) is 2.69. The number of hydrogen-bond donors (Lipinski definition) is 1. The highest BCUT2D eigenvalue weighted by atomic mass is 32.2. The second-order valence-corrected chi connectivity index (χ2v) is 5.83. The summed E-state index contributed by atoms with van der Waals surface area (Å²) in [4.78, 5) is 16.3. The number of hydrazone groups is 1. The molecule has 0 saturated heterocycles. The first-order valence-corrected chi connectivity index (χ1v) is 8.15. The molecule has 1 amide bonds. The predicted molar refractivity (Wildman–Crippen MR) is 94.6 cm³/mol. The van der Waals surface area contributed by atoms with Crippen LogP contribution >= 0.6 is 11.8 Å². The molecule has 0 atom stereocenters. The van der Waals surface area contributed by atoms with Crippen molar-refractivity contribution in [3.63, 3.8) is 0 Å². The van der Waals surface area contributed by atoms with Crippen LogP contribution in [-0.2, 0) is 4.79 Å². The quantitative estimate of drug-likeness (QED) is 0.445. The number of carbonyl (C=O) groups excluding carboxylic acids is 1. The highest BCUT2D eigenvalue weighted by Crippen LogP contribution is 2.19. The minimum Gasteiger partial charge on any atom is -0.272 e. The van der Waals surface area contributed by atoms with Crippen LogP contribution in [0.4, 0.5) is 0 Å². The molecular weight excluding hydrogens is 306 g/mol. The third-order valence-electron chi connectivity index (χ3n) is 3.13. The van der Waals surface area contributed by atoms with Crippen molar-refractivity contribution in [1.82, 2.24) is 10.4 Å².